The van der Waals surface area contributed by atoms with Crippen molar-refractivity contribution in [2.45, 2.75) is 0 Å². The molecule has 0 aliphatic rings. The van der Waals surface area contributed by atoms with Crippen LogP contribution in [0.3, 0.4) is 0 Å². The number of hydrogen-bond acceptors (Lipinski definition) is 1. The van der Waals surface area contributed by atoms with Crippen molar-refractivity contribution < 1.29 is 9.79 Å². The molecule has 0 aromatic rings. The zero-order chi connectivity index (χ0) is 4.50. The third-order valence-corrected chi connectivity index (χ3v) is 0. The summed E-state index contributed by atoms with van der Waals surface area (Å²) in [5, 5.41) is 0. The topological polar surface area (TPSA) is 40.5 Å². The maximum absolute atomic E-state index is 7.87. The summed E-state index contributed by atoms with van der Waals surface area (Å²) < 4.78 is 0. The van der Waals surface area contributed by atoms with Gasteiger partial charge in [0.1, 0.15) is 0 Å². The molecule has 6 heteroatoms. The Kier molecular flexibility index (Phi) is 6.59. The predicted molar refractivity (Wildman–Crippen MR) is 37.6 cm³/mol. The van der Waals surface area contributed by atoms with Gasteiger partial charge in [-0.3, -0.25) is 0 Å². The molecule has 0 aliphatic heterocycles. The average molecular weight is 255 g/mol. The first-order valence-electron chi connectivity index (χ1n) is 0.783. The molecule has 6 heavy (non-hydrogen) atoms. The van der Waals surface area contributed by atoms with E-state index in [1.165, 1.54) is 0 Å². The van der Waals surface area contributed by atoms with E-state index < -0.39 is 5.69 Å². The van der Waals surface area contributed by atoms with Crippen LogP contribution in [0.1, 0.15) is 0 Å². The molecule has 40 valence electrons. The average Bonchev–Trinajstić information content (AvgIpc) is 0.722. The molecular weight excluding hydrogens is 249 g/mol. The second kappa shape index (κ2) is 3.71. The van der Waals surface area contributed by atoms with Crippen LogP contribution in [-0.2, 0) is 11.8 Å². The SMILES string of the molecule is OP(O)(=S)S.[SbH3]. The van der Waals surface area contributed by atoms with E-state index in [-0.39, 0.29) is 24.4 Å². The van der Waals surface area contributed by atoms with E-state index in [2.05, 4.69) is 24.1 Å². The molecule has 0 amide bonds. The fourth-order valence-corrected chi connectivity index (χ4v) is 0. The Labute approximate surface area is 63.7 Å². The van der Waals surface area contributed by atoms with Crippen LogP contribution in [-0.4, -0.2) is 34.2 Å². The summed E-state index contributed by atoms with van der Waals surface area (Å²) in [6.45, 7) is 0. The minimum atomic E-state index is -3.11. The van der Waals surface area contributed by atoms with E-state index in [1.807, 2.05) is 0 Å². The molecular formula is H6O2PS2Sb. The van der Waals surface area contributed by atoms with Crippen molar-refractivity contribution >= 4 is 54.2 Å². The van der Waals surface area contributed by atoms with Gasteiger partial charge in [-0.15, -0.1) is 0 Å². The van der Waals surface area contributed by atoms with Gasteiger partial charge in [-0.05, 0) is 11.8 Å². The van der Waals surface area contributed by atoms with Crippen molar-refractivity contribution in [3.8, 4) is 0 Å². The molecule has 0 aliphatic carbocycles. The standard InChI is InChI=1S/H3O2PS2.Sb.3H/c1-3(2,4)5;;;;/h(H3,1,2,4,5);;;;. The first-order valence-corrected chi connectivity index (χ1v) is 4.64. The van der Waals surface area contributed by atoms with Crippen LogP contribution >= 0.6 is 17.9 Å². The van der Waals surface area contributed by atoms with Gasteiger partial charge in [0.05, 0.1) is 0 Å². The Hall–Kier alpha value is 1.74. The zero-order valence-corrected chi connectivity index (χ0v) is 9.55. The molecule has 2 N–H and O–H groups in total. The Bertz CT molecular complexity index is 57.7. The molecule has 0 radical (unpaired) electrons. The summed E-state index contributed by atoms with van der Waals surface area (Å²) in [5.41, 5.74) is -3.11. The third kappa shape index (κ3) is 42.6. The summed E-state index contributed by atoms with van der Waals surface area (Å²) in [4.78, 5) is 15.7. The van der Waals surface area contributed by atoms with E-state index in [4.69, 9.17) is 9.79 Å². The summed E-state index contributed by atoms with van der Waals surface area (Å²) in [7, 11) is 0. The zero-order valence-electron chi connectivity index (χ0n) is 2.90. The normalized spacial score (nSPS) is 9.83. The Morgan fingerprint density at radius 3 is 1.50 bits per heavy atom. The van der Waals surface area contributed by atoms with Gasteiger partial charge in [-0.2, -0.15) is 0 Å². The fourth-order valence-electron chi connectivity index (χ4n) is 0. The van der Waals surface area contributed by atoms with Crippen LogP contribution < -0.4 is 0 Å². The Morgan fingerprint density at radius 2 is 1.50 bits per heavy atom. The minimum absolute atomic E-state index is 0. The molecule has 0 atom stereocenters. The predicted octanol–water partition coefficient (Wildman–Crippen LogP) is -1.06. The number of hydrogen-bond donors (Lipinski definition) is 3. The van der Waals surface area contributed by atoms with Crippen molar-refractivity contribution in [1.29, 1.82) is 0 Å². The van der Waals surface area contributed by atoms with Gasteiger partial charge in [0.25, 0.3) is 0 Å². The van der Waals surface area contributed by atoms with Crippen LogP contribution in [0.2, 0.25) is 0 Å². The van der Waals surface area contributed by atoms with Gasteiger partial charge in [0.15, 0.2) is 0 Å². The molecule has 0 fully saturated rings. The molecule has 2 nitrogen and oxygen atoms in total. The van der Waals surface area contributed by atoms with E-state index in [0.29, 0.717) is 0 Å². The van der Waals surface area contributed by atoms with E-state index in [0.717, 1.165) is 0 Å². The Balaban J connectivity index is 0. The summed E-state index contributed by atoms with van der Waals surface area (Å²) in [6, 6.07) is 0. The second-order valence-corrected chi connectivity index (χ2v) is 5.55. The van der Waals surface area contributed by atoms with Crippen LogP contribution in [0.15, 0.2) is 0 Å². The van der Waals surface area contributed by atoms with Gasteiger partial charge in [0.2, 0.25) is 5.69 Å². The van der Waals surface area contributed by atoms with Crippen molar-refractivity contribution in [3.63, 3.8) is 0 Å². The van der Waals surface area contributed by atoms with Crippen LogP contribution in [0.25, 0.3) is 0 Å². The summed E-state index contributed by atoms with van der Waals surface area (Å²) in [5.74, 6) is 0. The number of rotatable bonds is 0. The van der Waals surface area contributed by atoms with Gasteiger partial charge in [-0.1, -0.05) is 12.2 Å². The quantitative estimate of drug-likeness (QED) is 0.293. The second-order valence-electron chi connectivity index (χ2n) is 0.513. The van der Waals surface area contributed by atoms with Crippen molar-refractivity contribution in [2.24, 2.45) is 0 Å². The van der Waals surface area contributed by atoms with Crippen molar-refractivity contribution in [2.75, 3.05) is 0 Å². The van der Waals surface area contributed by atoms with Crippen LogP contribution in [0, 0.1) is 0 Å². The molecule has 0 aromatic heterocycles. The van der Waals surface area contributed by atoms with Gasteiger partial charge in [-0.25, -0.2) is 0 Å². The van der Waals surface area contributed by atoms with Gasteiger partial charge < -0.3 is 9.79 Å². The molecule has 0 bridgehead atoms. The third-order valence-electron chi connectivity index (χ3n) is 0. The molecule has 0 unspecified atom stereocenters. The van der Waals surface area contributed by atoms with E-state index in [1.54, 1.807) is 0 Å². The molecule has 0 saturated heterocycles. The van der Waals surface area contributed by atoms with Gasteiger partial charge in [0, 0.05) is 0 Å². The van der Waals surface area contributed by atoms with Crippen molar-refractivity contribution in [1.82, 2.24) is 0 Å². The molecule has 0 aromatic carbocycles. The Morgan fingerprint density at radius 1 is 1.50 bits per heavy atom. The molecule has 0 heterocycles. The van der Waals surface area contributed by atoms with E-state index >= 15 is 0 Å². The maximum atomic E-state index is 7.87. The molecule has 0 rings (SSSR count). The molecule has 0 saturated carbocycles. The monoisotopic (exact) mass is 254 g/mol. The fraction of sp³-hybridized carbons (Fsp3) is 0. The van der Waals surface area contributed by atoms with Crippen LogP contribution in [0.4, 0.5) is 0 Å². The molecule has 0 spiro atoms. The summed E-state index contributed by atoms with van der Waals surface area (Å²) >= 11 is 7.07. The first kappa shape index (κ1) is 10.7. The summed E-state index contributed by atoms with van der Waals surface area (Å²) in [6.07, 6.45) is 0. The first-order chi connectivity index (χ1) is 2.00. The number of thiol groups is 1. The van der Waals surface area contributed by atoms with E-state index in [9.17, 15) is 0 Å². The van der Waals surface area contributed by atoms with Crippen LogP contribution in [0.5, 0.6) is 0 Å². The van der Waals surface area contributed by atoms with Gasteiger partial charge >= 0.3 is 24.4 Å². The van der Waals surface area contributed by atoms with Crippen molar-refractivity contribution in [3.05, 3.63) is 0 Å².